The average Bonchev–Trinajstić information content (AvgIpc) is 2.63. The van der Waals surface area contributed by atoms with Crippen molar-refractivity contribution in [1.82, 2.24) is 10.2 Å². The van der Waals surface area contributed by atoms with Gasteiger partial charge >= 0.3 is 4.87 Å². The van der Waals surface area contributed by atoms with Crippen molar-refractivity contribution in [1.29, 1.82) is 0 Å². The Morgan fingerprint density at radius 2 is 2.25 bits per heavy atom. The molecule has 1 saturated carbocycles. The molecule has 0 atom stereocenters. The summed E-state index contributed by atoms with van der Waals surface area (Å²) in [5.41, 5.74) is 2.43. The Bertz CT molecular complexity index is 554. The summed E-state index contributed by atoms with van der Waals surface area (Å²) in [7, 11) is 0. The first-order valence-electron chi connectivity index (χ1n) is 5.49. The quantitative estimate of drug-likeness (QED) is 0.865. The van der Waals surface area contributed by atoms with E-state index in [4.69, 9.17) is 0 Å². The van der Waals surface area contributed by atoms with Gasteiger partial charge in [-0.25, -0.2) is 5.10 Å². The second-order valence-corrected chi connectivity index (χ2v) is 5.13. The highest BCUT2D eigenvalue weighted by Crippen LogP contribution is 2.37. The minimum absolute atomic E-state index is 0.0935. The van der Waals surface area contributed by atoms with Gasteiger partial charge in [0.25, 0.3) is 0 Å². The van der Waals surface area contributed by atoms with E-state index in [1.807, 2.05) is 6.07 Å². The summed E-state index contributed by atoms with van der Waals surface area (Å²) in [5.74, 6) is 0.718. The molecule has 82 valence electrons. The zero-order chi connectivity index (χ0) is 11.0. The van der Waals surface area contributed by atoms with Crippen molar-refractivity contribution in [3.63, 3.8) is 0 Å². The van der Waals surface area contributed by atoms with E-state index in [2.05, 4.69) is 28.4 Å². The van der Waals surface area contributed by atoms with Gasteiger partial charge < -0.3 is 0 Å². The van der Waals surface area contributed by atoms with Crippen LogP contribution in [-0.2, 0) is 0 Å². The first kappa shape index (κ1) is 9.78. The highest BCUT2D eigenvalue weighted by atomic mass is 32.1. The summed E-state index contributed by atoms with van der Waals surface area (Å²) in [5, 5.41) is 7.25. The third-order valence-corrected chi connectivity index (χ3v) is 3.95. The minimum Gasteiger partial charge on any atom is -0.255 e. The topological polar surface area (TPSA) is 45.8 Å². The number of aromatic amines is 1. The number of nitrogens with zero attached hydrogens (tertiary/aromatic N) is 1. The van der Waals surface area contributed by atoms with Crippen LogP contribution in [0.5, 0.6) is 0 Å². The Kier molecular flexibility index (Phi) is 2.36. The molecule has 3 nitrogen and oxygen atoms in total. The lowest BCUT2D eigenvalue weighted by molar-refractivity contribution is 0.420. The number of H-pyrrole nitrogens is 1. The normalized spacial score (nSPS) is 16.0. The molecule has 0 amide bonds. The lowest BCUT2D eigenvalue weighted by Crippen LogP contribution is -2.08. The van der Waals surface area contributed by atoms with Gasteiger partial charge in [0, 0.05) is 5.56 Å². The number of nitrogens with one attached hydrogen (secondary N) is 1. The smallest absolute Gasteiger partial charge is 0.255 e. The molecule has 0 saturated heterocycles. The molecule has 1 N–H and O–H groups in total. The summed E-state index contributed by atoms with van der Waals surface area (Å²) in [6, 6.07) is 8.39. The van der Waals surface area contributed by atoms with Crippen LogP contribution in [0.15, 0.2) is 29.1 Å². The third-order valence-electron chi connectivity index (χ3n) is 3.15. The standard InChI is InChI=1S/C12H12N2OS/c15-12-14-13-11(16-12)10-6-2-5-9(7-10)8-3-1-4-8/h2,5-8H,1,3-4H2,(H,14,15). The van der Waals surface area contributed by atoms with Crippen molar-refractivity contribution in [2.24, 2.45) is 0 Å². The molecule has 1 heterocycles. The van der Waals surface area contributed by atoms with E-state index in [1.165, 1.54) is 24.8 Å². The summed E-state index contributed by atoms with van der Waals surface area (Å²) < 4.78 is 0. The van der Waals surface area contributed by atoms with Crippen molar-refractivity contribution < 1.29 is 0 Å². The summed E-state index contributed by atoms with van der Waals surface area (Å²) in [6.07, 6.45) is 3.92. The van der Waals surface area contributed by atoms with Crippen molar-refractivity contribution >= 4 is 11.3 Å². The van der Waals surface area contributed by atoms with Crippen LogP contribution in [0.2, 0.25) is 0 Å². The van der Waals surface area contributed by atoms with Crippen molar-refractivity contribution in [2.45, 2.75) is 25.2 Å². The molecule has 3 rings (SSSR count). The highest BCUT2D eigenvalue weighted by Gasteiger charge is 2.19. The fraction of sp³-hybridized carbons (Fsp3) is 0.333. The zero-order valence-corrected chi connectivity index (χ0v) is 9.59. The molecule has 4 heteroatoms. The van der Waals surface area contributed by atoms with Crippen LogP contribution < -0.4 is 4.87 Å². The first-order chi connectivity index (χ1) is 7.83. The molecule has 1 aromatic heterocycles. The molecule has 0 aliphatic heterocycles. The molecule has 0 spiro atoms. The molecule has 0 unspecified atom stereocenters. The van der Waals surface area contributed by atoms with Gasteiger partial charge in [-0.15, -0.1) is 0 Å². The molecule has 0 bridgehead atoms. The Labute approximate surface area is 97.2 Å². The van der Waals surface area contributed by atoms with E-state index in [9.17, 15) is 4.79 Å². The average molecular weight is 232 g/mol. The van der Waals surface area contributed by atoms with E-state index in [0.29, 0.717) is 0 Å². The largest absolute Gasteiger partial charge is 0.322 e. The molecule has 1 fully saturated rings. The van der Waals surface area contributed by atoms with Crippen LogP contribution in [0.1, 0.15) is 30.7 Å². The molecular formula is C12H12N2OS. The van der Waals surface area contributed by atoms with E-state index >= 15 is 0 Å². The fourth-order valence-corrected chi connectivity index (χ4v) is 2.62. The predicted molar refractivity (Wildman–Crippen MR) is 64.8 cm³/mol. The Balaban J connectivity index is 1.98. The van der Waals surface area contributed by atoms with Crippen LogP contribution >= 0.6 is 11.3 Å². The van der Waals surface area contributed by atoms with Gasteiger partial charge in [0.15, 0.2) is 0 Å². The van der Waals surface area contributed by atoms with Gasteiger partial charge in [0.2, 0.25) is 0 Å². The predicted octanol–water partition coefficient (Wildman–Crippen LogP) is 2.77. The summed E-state index contributed by atoms with van der Waals surface area (Å²) in [4.78, 5) is 11.0. The fourth-order valence-electron chi connectivity index (χ4n) is 2.02. The van der Waals surface area contributed by atoms with Crippen LogP contribution in [0, 0.1) is 0 Å². The lowest BCUT2D eigenvalue weighted by atomic mass is 9.80. The van der Waals surface area contributed by atoms with Gasteiger partial charge in [0.05, 0.1) is 0 Å². The first-order valence-corrected chi connectivity index (χ1v) is 6.30. The maximum absolute atomic E-state index is 11.1. The second kappa shape index (κ2) is 3.87. The maximum Gasteiger partial charge on any atom is 0.322 e. The van der Waals surface area contributed by atoms with Gasteiger partial charge in [0.1, 0.15) is 5.01 Å². The summed E-state index contributed by atoms with van der Waals surface area (Å²) >= 11 is 1.16. The van der Waals surface area contributed by atoms with Crippen molar-refractivity contribution in [3.8, 4) is 10.6 Å². The minimum atomic E-state index is -0.0935. The van der Waals surface area contributed by atoms with Crippen LogP contribution in [0.4, 0.5) is 0 Å². The Hall–Kier alpha value is -1.42. The van der Waals surface area contributed by atoms with Crippen LogP contribution in [0.25, 0.3) is 10.6 Å². The zero-order valence-electron chi connectivity index (χ0n) is 8.77. The highest BCUT2D eigenvalue weighted by molar-refractivity contribution is 7.12. The van der Waals surface area contributed by atoms with Gasteiger partial charge in [-0.3, -0.25) is 4.79 Å². The molecular weight excluding hydrogens is 220 g/mol. The number of rotatable bonds is 2. The van der Waals surface area contributed by atoms with E-state index in [-0.39, 0.29) is 4.87 Å². The molecule has 16 heavy (non-hydrogen) atoms. The Morgan fingerprint density at radius 3 is 2.88 bits per heavy atom. The third kappa shape index (κ3) is 1.69. The molecule has 0 radical (unpaired) electrons. The molecule has 1 aromatic carbocycles. The monoisotopic (exact) mass is 232 g/mol. The number of aromatic nitrogens is 2. The van der Waals surface area contributed by atoms with Gasteiger partial charge in [-0.1, -0.05) is 36.0 Å². The van der Waals surface area contributed by atoms with Crippen LogP contribution in [-0.4, -0.2) is 10.2 Å². The van der Waals surface area contributed by atoms with Crippen molar-refractivity contribution in [3.05, 3.63) is 39.5 Å². The molecule has 2 aromatic rings. The molecule has 1 aliphatic rings. The maximum atomic E-state index is 11.1. The van der Waals surface area contributed by atoms with E-state index < -0.39 is 0 Å². The molecule has 1 aliphatic carbocycles. The second-order valence-electron chi connectivity index (χ2n) is 4.17. The lowest BCUT2D eigenvalue weighted by Gasteiger charge is -2.25. The van der Waals surface area contributed by atoms with E-state index in [1.54, 1.807) is 0 Å². The Morgan fingerprint density at radius 1 is 1.38 bits per heavy atom. The number of hydrogen-bond donors (Lipinski definition) is 1. The van der Waals surface area contributed by atoms with Crippen LogP contribution in [0.3, 0.4) is 0 Å². The van der Waals surface area contributed by atoms with E-state index in [0.717, 1.165) is 27.8 Å². The van der Waals surface area contributed by atoms with Crippen molar-refractivity contribution in [2.75, 3.05) is 0 Å². The number of hydrogen-bond acceptors (Lipinski definition) is 3. The summed E-state index contributed by atoms with van der Waals surface area (Å²) in [6.45, 7) is 0. The van der Waals surface area contributed by atoms with Gasteiger partial charge in [-0.2, -0.15) is 5.10 Å². The van der Waals surface area contributed by atoms with Gasteiger partial charge in [-0.05, 0) is 30.4 Å². The SMILES string of the molecule is O=c1[nH]nc(-c2cccc(C3CCC3)c2)s1. The number of benzene rings is 1.